The Bertz CT molecular complexity index is 520. The zero-order chi connectivity index (χ0) is 12.4. The standard InChI is InChI=1S/C13H13FO2S/c1-8(15)11-7-10(14)3-4-13(11)17-12-5-6-16-9(12)2/h3-8,15H,1-2H3/t8-/m0/s1. The fourth-order valence-electron chi connectivity index (χ4n) is 1.54. The van der Waals surface area contributed by atoms with Crippen molar-refractivity contribution in [2.45, 2.75) is 29.7 Å². The summed E-state index contributed by atoms with van der Waals surface area (Å²) in [6.45, 7) is 3.50. The lowest BCUT2D eigenvalue weighted by molar-refractivity contribution is 0.196. The molecule has 0 spiro atoms. The third kappa shape index (κ3) is 2.70. The molecule has 0 saturated heterocycles. The maximum absolute atomic E-state index is 13.1. The molecule has 0 radical (unpaired) electrons. The van der Waals surface area contributed by atoms with Crippen molar-refractivity contribution in [1.29, 1.82) is 0 Å². The summed E-state index contributed by atoms with van der Waals surface area (Å²) < 4.78 is 18.3. The van der Waals surface area contributed by atoms with Crippen LogP contribution in [0, 0.1) is 12.7 Å². The number of furan rings is 1. The van der Waals surface area contributed by atoms with E-state index >= 15 is 0 Å². The molecular weight excluding hydrogens is 239 g/mol. The van der Waals surface area contributed by atoms with Crippen LogP contribution < -0.4 is 0 Å². The Hall–Kier alpha value is -1.26. The van der Waals surface area contributed by atoms with Crippen LogP contribution >= 0.6 is 11.8 Å². The van der Waals surface area contributed by atoms with Crippen LogP contribution in [0.1, 0.15) is 24.4 Å². The van der Waals surface area contributed by atoms with Gasteiger partial charge in [-0.3, -0.25) is 0 Å². The molecule has 1 aromatic heterocycles. The molecule has 0 unspecified atom stereocenters. The van der Waals surface area contributed by atoms with Gasteiger partial charge < -0.3 is 9.52 Å². The van der Waals surface area contributed by atoms with Crippen molar-refractivity contribution in [2.24, 2.45) is 0 Å². The Kier molecular flexibility index (Phi) is 3.54. The first-order valence-electron chi connectivity index (χ1n) is 5.27. The minimum Gasteiger partial charge on any atom is -0.468 e. The summed E-state index contributed by atoms with van der Waals surface area (Å²) in [6, 6.07) is 6.29. The highest BCUT2D eigenvalue weighted by molar-refractivity contribution is 7.99. The predicted octanol–water partition coefficient (Wildman–Crippen LogP) is 3.93. The number of benzene rings is 1. The van der Waals surface area contributed by atoms with E-state index in [0.717, 1.165) is 15.6 Å². The average molecular weight is 252 g/mol. The molecule has 4 heteroatoms. The normalized spacial score (nSPS) is 12.7. The highest BCUT2D eigenvalue weighted by Crippen LogP contribution is 2.35. The Balaban J connectivity index is 2.36. The summed E-state index contributed by atoms with van der Waals surface area (Å²) >= 11 is 1.46. The molecule has 90 valence electrons. The first-order chi connectivity index (χ1) is 8.08. The number of halogens is 1. The lowest BCUT2D eigenvalue weighted by Crippen LogP contribution is -1.95. The second kappa shape index (κ2) is 4.94. The first kappa shape index (κ1) is 12.2. The zero-order valence-electron chi connectivity index (χ0n) is 9.61. The summed E-state index contributed by atoms with van der Waals surface area (Å²) in [5.74, 6) is 0.477. The molecule has 2 nitrogen and oxygen atoms in total. The van der Waals surface area contributed by atoms with Crippen LogP contribution in [0.15, 0.2) is 44.7 Å². The Morgan fingerprint density at radius 3 is 2.65 bits per heavy atom. The lowest BCUT2D eigenvalue weighted by atomic mass is 10.1. The number of rotatable bonds is 3. The van der Waals surface area contributed by atoms with Crippen molar-refractivity contribution >= 4 is 11.8 Å². The lowest BCUT2D eigenvalue weighted by Gasteiger charge is -2.11. The van der Waals surface area contributed by atoms with Crippen LogP contribution in [0.3, 0.4) is 0 Å². The van der Waals surface area contributed by atoms with Crippen molar-refractivity contribution in [1.82, 2.24) is 0 Å². The summed E-state index contributed by atoms with van der Waals surface area (Å²) in [7, 11) is 0. The van der Waals surface area contributed by atoms with Gasteiger partial charge in [-0.1, -0.05) is 11.8 Å². The van der Waals surface area contributed by atoms with Gasteiger partial charge >= 0.3 is 0 Å². The maximum Gasteiger partial charge on any atom is 0.123 e. The second-order valence-electron chi connectivity index (χ2n) is 3.80. The Morgan fingerprint density at radius 2 is 2.06 bits per heavy atom. The molecule has 0 aliphatic rings. The van der Waals surface area contributed by atoms with Gasteiger partial charge in [0, 0.05) is 4.90 Å². The Morgan fingerprint density at radius 1 is 1.29 bits per heavy atom. The van der Waals surface area contributed by atoms with E-state index in [-0.39, 0.29) is 5.82 Å². The van der Waals surface area contributed by atoms with E-state index in [2.05, 4.69) is 0 Å². The molecule has 1 atom stereocenters. The monoisotopic (exact) mass is 252 g/mol. The summed E-state index contributed by atoms with van der Waals surface area (Å²) in [5, 5.41) is 9.62. The highest BCUT2D eigenvalue weighted by Gasteiger charge is 2.12. The molecule has 0 saturated carbocycles. The highest BCUT2D eigenvalue weighted by atomic mass is 32.2. The van der Waals surface area contributed by atoms with Gasteiger partial charge in [-0.15, -0.1) is 0 Å². The molecule has 2 aromatic rings. The molecule has 1 heterocycles. The molecule has 0 bridgehead atoms. The van der Waals surface area contributed by atoms with Crippen LogP contribution in [0.5, 0.6) is 0 Å². The molecule has 1 N–H and O–H groups in total. The summed E-state index contributed by atoms with van der Waals surface area (Å²) in [4.78, 5) is 1.81. The van der Waals surface area contributed by atoms with Gasteiger partial charge in [0.25, 0.3) is 0 Å². The van der Waals surface area contributed by atoms with Crippen molar-refractivity contribution in [3.8, 4) is 0 Å². The first-order valence-corrected chi connectivity index (χ1v) is 6.09. The Labute approximate surface area is 103 Å². The largest absolute Gasteiger partial charge is 0.468 e. The minimum absolute atomic E-state index is 0.339. The van der Waals surface area contributed by atoms with Gasteiger partial charge in [-0.2, -0.15) is 0 Å². The van der Waals surface area contributed by atoms with E-state index in [1.807, 2.05) is 13.0 Å². The molecule has 17 heavy (non-hydrogen) atoms. The maximum atomic E-state index is 13.1. The third-order valence-electron chi connectivity index (χ3n) is 2.45. The molecule has 2 rings (SSSR count). The van der Waals surface area contributed by atoms with E-state index in [4.69, 9.17) is 4.42 Å². The van der Waals surface area contributed by atoms with Gasteiger partial charge in [0.2, 0.25) is 0 Å². The fraction of sp³-hybridized carbons (Fsp3) is 0.231. The van der Waals surface area contributed by atoms with Gasteiger partial charge in [-0.25, -0.2) is 4.39 Å². The number of aliphatic hydroxyl groups excluding tert-OH is 1. The topological polar surface area (TPSA) is 33.4 Å². The van der Waals surface area contributed by atoms with Gasteiger partial charge in [0.15, 0.2) is 0 Å². The van der Waals surface area contributed by atoms with E-state index in [1.54, 1.807) is 19.3 Å². The van der Waals surface area contributed by atoms with Crippen molar-refractivity contribution < 1.29 is 13.9 Å². The minimum atomic E-state index is -0.694. The van der Waals surface area contributed by atoms with Crippen molar-refractivity contribution in [3.63, 3.8) is 0 Å². The van der Waals surface area contributed by atoms with Crippen molar-refractivity contribution in [3.05, 3.63) is 47.7 Å². The van der Waals surface area contributed by atoms with Crippen molar-refractivity contribution in [2.75, 3.05) is 0 Å². The van der Waals surface area contributed by atoms with Crippen LogP contribution in [0.4, 0.5) is 4.39 Å². The van der Waals surface area contributed by atoms with Gasteiger partial charge in [0.05, 0.1) is 17.3 Å². The molecule has 0 fully saturated rings. The quantitative estimate of drug-likeness (QED) is 0.898. The number of aryl methyl sites for hydroxylation is 1. The molecule has 0 amide bonds. The van der Waals surface area contributed by atoms with Gasteiger partial charge in [-0.05, 0) is 43.7 Å². The number of hydrogen-bond donors (Lipinski definition) is 1. The van der Waals surface area contributed by atoms with Crippen LogP contribution in [0.25, 0.3) is 0 Å². The summed E-state index contributed by atoms with van der Waals surface area (Å²) in [6.07, 6.45) is 0.920. The van der Waals surface area contributed by atoms with E-state index in [9.17, 15) is 9.50 Å². The summed E-state index contributed by atoms with van der Waals surface area (Å²) in [5.41, 5.74) is 0.593. The average Bonchev–Trinajstić information content (AvgIpc) is 2.67. The molecule has 1 aromatic carbocycles. The van der Waals surface area contributed by atoms with E-state index < -0.39 is 6.10 Å². The molecule has 0 aliphatic heterocycles. The predicted molar refractivity (Wildman–Crippen MR) is 64.6 cm³/mol. The zero-order valence-corrected chi connectivity index (χ0v) is 10.4. The number of aliphatic hydroxyl groups is 1. The second-order valence-corrected chi connectivity index (χ2v) is 4.88. The van der Waals surface area contributed by atoms with Crippen LogP contribution in [-0.2, 0) is 0 Å². The SMILES string of the molecule is Cc1occc1Sc1ccc(F)cc1[C@H](C)O. The molecular formula is C13H13FO2S. The van der Waals surface area contributed by atoms with E-state index in [0.29, 0.717) is 5.56 Å². The smallest absolute Gasteiger partial charge is 0.123 e. The van der Waals surface area contributed by atoms with E-state index in [1.165, 1.54) is 23.9 Å². The third-order valence-corrected chi connectivity index (χ3v) is 3.69. The molecule has 0 aliphatic carbocycles. The van der Waals surface area contributed by atoms with Gasteiger partial charge in [0.1, 0.15) is 11.6 Å². The fourth-order valence-corrected chi connectivity index (χ4v) is 2.57. The van der Waals surface area contributed by atoms with Crippen LogP contribution in [0.2, 0.25) is 0 Å². The van der Waals surface area contributed by atoms with Crippen LogP contribution in [-0.4, -0.2) is 5.11 Å². The number of hydrogen-bond acceptors (Lipinski definition) is 3.